The van der Waals surface area contributed by atoms with E-state index in [0.29, 0.717) is 11.2 Å². The summed E-state index contributed by atoms with van der Waals surface area (Å²) in [6.45, 7) is 1.22. The average molecular weight is 257 g/mol. The molecule has 0 aromatic heterocycles. The van der Waals surface area contributed by atoms with E-state index in [4.69, 9.17) is 0 Å². The number of likely N-dealkylation sites (N-methyl/N-ethyl adjacent to an activating group) is 1. The summed E-state index contributed by atoms with van der Waals surface area (Å²) in [7, 11) is 2.30. The molecule has 102 valence electrons. The number of likely N-dealkylation sites (tertiary alicyclic amines) is 1. The predicted molar refractivity (Wildman–Crippen MR) is 76.5 cm³/mol. The van der Waals surface area contributed by atoms with Gasteiger partial charge in [0.15, 0.2) is 0 Å². The smallest absolute Gasteiger partial charge is 0.115 e. The Labute approximate surface area is 115 Å². The topological polar surface area (TPSA) is 23.5 Å². The fourth-order valence-electron chi connectivity index (χ4n) is 5.18. The van der Waals surface area contributed by atoms with Crippen molar-refractivity contribution < 1.29 is 5.11 Å². The van der Waals surface area contributed by atoms with Crippen molar-refractivity contribution >= 4 is 0 Å². The van der Waals surface area contributed by atoms with Gasteiger partial charge in [0.1, 0.15) is 5.75 Å². The fourth-order valence-corrected chi connectivity index (χ4v) is 5.18. The number of fused-ring (bicyclic) bond motifs is 1. The van der Waals surface area contributed by atoms with Crippen LogP contribution in [0.2, 0.25) is 0 Å². The van der Waals surface area contributed by atoms with Crippen molar-refractivity contribution in [2.24, 2.45) is 5.92 Å². The molecular weight excluding hydrogens is 234 g/mol. The van der Waals surface area contributed by atoms with E-state index in [1.165, 1.54) is 56.2 Å². The zero-order chi connectivity index (χ0) is 13.0. The first kappa shape index (κ1) is 11.8. The first-order valence-corrected chi connectivity index (χ1v) is 7.73. The number of hydrogen-bond donors (Lipinski definition) is 1. The third kappa shape index (κ3) is 1.53. The standard InChI is InChI=1S/C17H23NO/c1-18-9-8-17-7-3-2-4-14(17)16(18)10-12-5-6-13(19)11-15(12)17/h5-6,11,14,16,19H,2-4,7-10H2,1H3/t14?,16?,17-/m1/s1. The quantitative estimate of drug-likeness (QED) is 0.772. The largest absolute Gasteiger partial charge is 0.508 e. The summed E-state index contributed by atoms with van der Waals surface area (Å²) < 4.78 is 0. The third-order valence-electron chi connectivity index (χ3n) is 6.10. The minimum Gasteiger partial charge on any atom is -0.508 e. The Morgan fingerprint density at radius 3 is 3.05 bits per heavy atom. The molecule has 0 amide bonds. The van der Waals surface area contributed by atoms with E-state index in [2.05, 4.69) is 24.1 Å². The van der Waals surface area contributed by atoms with Gasteiger partial charge in [-0.2, -0.15) is 0 Å². The van der Waals surface area contributed by atoms with Gasteiger partial charge in [-0.3, -0.25) is 0 Å². The molecule has 1 aromatic carbocycles. The van der Waals surface area contributed by atoms with Crippen molar-refractivity contribution in [1.82, 2.24) is 4.90 Å². The summed E-state index contributed by atoms with van der Waals surface area (Å²) in [6.07, 6.45) is 7.93. The molecule has 2 heteroatoms. The fraction of sp³-hybridized carbons (Fsp3) is 0.647. The Morgan fingerprint density at radius 1 is 1.26 bits per heavy atom. The molecule has 1 aromatic rings. The molecule has 1 saturated carbocycles. The zero-order valence-corrected chi connectivity index (χ0v) is 11.7. The van der Waals surface area contributed by atoms with Crippen LogP contribution in [0.3, 0.4) is 0 Å². The second kappa shape index (κ2) is 3.99. The van der Waals surface area contributed by atoms with E-state index in [0.717, 1.165) is 12.0 Å². The van der Waals surface area contributed by atoms with Crippen molar-refractivity contribution in [3.63, 3.8) is 0 Å². The van der Waals surface area contributed by atoms with Gasteiger partial charge in [0.05, 0.1) is 0 Å². The molecule has 1 N–H and O–H groups in total. The summed E-state index contributed by atoms with van der Waals surface area (Å²) in [4.78, 5) is 2.59. The summed E-state index contributed by atoms with van der Waals surface area (Å²) in [5.74, 6) is 1.27. The predicted octanol–water partition coefficient (Wildman–Crippen LogP) is 3.08. The molecule has 19 heavy (non-hydrogen) atoms. The lowest BCUT2D eigenvalue weighted by molar-refractivity contribution is 0.00274. The van der Waals surface area contributed by atoms with Crippen molar-refractivity contribution in [3.05, 3.63) is 29.3 Å². The van der Waals surface area contributed by atoms with E-state index >= 15 is 0 Å². The van der Waals surface area contributed by atoms with Crippen molar-refractivity contribution in [2.75, 3.05) is 13.6 Å². The van der Waals surface area contributed by atoms with E-state index in [1.807, 2.05) is 6.07 Å². The molecule has 0 spiro atoms. The van der Waals surface area contributed by atoms with Gasteiger partial charge in [0, 0.05) is 11.5 Å². The molecule has 1 saturated heterocycles. The number of benzene rings is 1. The van der Waals surface area contributed by atoms with Gasteiger partial charge in [-0.05, 0) is 68.5 Å². The van der Waals surface area contributed by atoms with E-state index in [9.17, 15) is 5.11 Å². The minimum atomic E-state index is 0.377. The van der Waals surface area contributed by atoms with Gasteiger partial charge in [-0.1, -0.05) is 18.9 Å². The Bertz CT molecular complexity index is 512. The van der Waals surface area contributed by atoms with Crippen LogP contribution in [0.15, 0.2) is 18.2 Å². The van der Waals surface area contributed by atoms with Crippen LogP contribution in [-0.2, 0) is 11.8 Å². The molecule has 2 unspecified atom stereocenters. The lowest BCUT2D eigenvalue weighted by Crippen LogP contribution is -2.59. The summed E-state index contributed by atoms with van der Waals surface area (Å²) in [6, 6.07) is 6.85. The summed E-state index contributed by atoms with van der Waals surface area (Å²) in [5.41, 5.74) is 3.36. The number of aromatic hydroxyl groups is 1. The Balaban J connectivity index is 1.90. The second-order valence-corrected chi connectivity index (χ2v) is 6.85. The van der Waals surface area contributed by atoms with E-state index in [1.54, 1.807) is 0 Å². The molecule has 2 aliphatic carbocycles. The highest BCUT2D eigenvalue weighted by Crippen LogP contribution is 2.55. The number of rotatable bonds is 0. The van der Waals surface area contributed by atoms with Gasteiger partial charge < -0.3 is 10.0 Å². The normalized spacial score (nSPS) is 37.5. The van der Waals surface area contributed by atoms with Crippen LogP contribution < -0.4 is 0 Å². The van der Waals surface area contributed by atoms with Crippen LogP contribution >= 0.6 is 0 Å². The lowest BCUT2D eigenvalue weighted by atomic mass is 9.52. The maximum Gasteiger partial charge on any atom is 0.115 e. The van der Waals surface area contributed by atoms with Crippen LogP contribution in [0, 0.1) is 5.92 Å². The van der Waals surface area contributed by atoms with Gasteiger partial charge >= 0.3 is 0 Å². The Morgan fingerprint density at radius 2 is 2.16 bits per heavy atom. The molecule has 4 rings (SSSR count). The average Bonchev–Trinajstić information content (AvgIpc) is 2.43. The Hall–Kier alpha value is -1.02. The zero-order valence-electron chi connectivity index (χ0n) is 11.7. The number of piperidine rings is 1. The second-order valence-electron chi connectivity index (χ2n) is 6.85. The SMILES string of the molecule is CN1CC[C@]23CCCCC2C1Cc1ccc(O)cc13. The van der Waals surface area contributed by atoms with E-state index in [-0.39, 0.29) is 0 Å². The van der Waals surface area contributed by atoms with Crippen LogP contribution in [-0.4, -0.2) is 29.6 Å². The molecule has 0 radical (unpaired) electrons. The lowest BCUT2D eigenvalue weighted by Gasteiger charge is -2.58. The molecular formula is C17H23NO. The first-order chi connectivity index (χ1) is 9.21. The van der Waals surface area contributed by atoms with Crippen molar-refractivity contribution in [2.45, 2.75) is 50.0 Å². The maximum atomic E-state index is 9.91. The molecule has 2 nitrogen and oxygen atoms in total. The van der Waals surface area contributed by atoms with Gasteiger partial charge in [0.25, 0.3) is 0 Å². The molecule has 1 heterocycles. The summed E-state index contributed by atoms with van der Waals surface area (Å²) >= 11 is 0. The van der Waals surface area contributed by atoms with Crippen LogP contribution in [0.4, 0.5) is 0 Å². The number of nitrogens with zero attached hydrogens (tertiary/aromatic N) is 1. The Kier molecular flexibility index (Phi) is 2.47. The highest BCUT2D eigenvalue weighted by molar-refractivity contribution is 5.45. The first-order valence-electron chi connectivity index (χ1n) is 7.73. The number of hydrogen-bond acceptors (Lipinski definition) is 2. The van der Waals surface area contributed by atoms with Crippen molar-refractivity contribution in [1.29, 1.82) is 0 Å². The summed E-state index contributed by atoms with van der Waals surface area (Å²) in [5, 5.41) is 9.91. The molecule has 3 atom stereocenters. The highest BCUT2D eigenvalue weighted by atomic mass is 16.3. The van der Waals surface area contributed by atoms with Gasteiger partial charge in [-0.15, -0.1) is 0 Å². The van der Waals surface area contributed by atoms with Gasteiger partial charge in [0.2, 0.25) is 0 Å². The monoisotopic (exact) mass is 257 g/mol. The van der Waals surface area contributed by atoms with Crippen molar-refractivity contribution in [3.8, 4) is 5.75 Å². The number of phenolic OH excluding ortho intramolecular Hbond substituents is 1. The minimum absolute atomic E-state index is 0.377. The number of phenols is 1. The molecule has 3 aliphatic rings. The van der Waals surface area contributed by atoms with Crippen LogP contribution in [0.25, 0.3) is 0 Å². The van der Waals surface area contributed by atoms with Crippen LogP contribution in [0.5, 0.6) is 5.75 Å². The molecule has 2 fully saturated rings. The third-order valence-corrected chi connectivity index (χ3v) is 6.10. The van der Waals surface area contributed by atoms with Gasteiger partial charge in [-0.25, -0.2) is 0 Å². The maximum absolute atomic E-state index is 9.91. The highest BCUT2D eigenvalue weighted by Gasteiger charge is 2.52. The van der Waals surface area contributed by atoms with E-state index < -0.39 is 0 Å². The molecule has 1 aliphatic heterocycles. The van der Waals surface area contributed by atoms with Crippen LogP contribution in [0.1, 0.15) is 43.2 Å². The molecule has 2 bridgehead atoms.